The molecule has 1 aromatic carbocycles. The second kappa shape index (κ2) is 6.46. The van der Waals surface area contributed by atoms with Gasteiger partial charge in [0.1, 0.15) is 0 Å². The normalized spacial score (nSPS) is 34.2. The zero-order chi connectivity index (χ0) is 17.4. The molecule has 0 unspecified atom stereocenters. The van der Waals surface area contributed by atoms with E-state index < -0.39 is 0 Å². The molecular weight excluding hydrogens is 294 g/mol. The highest BCUT2D eigenvalue weighted by molar-refractivity contribution is 5.32. The largest absolute Gasteiger partial charge is 0.368 e. The van der Waals surface area contributed by atoms with E-state index in [0.717, 1.165) is 32.2 Å². The van der Waals surface area contributed by atoms with Gasteiger partial charge in [0.05, 0.1) is 12.2 Å². The van der Waals surface area contributed by atoms with Crippen LogP contribution in [-0.2, 0) is 10.3 Å². The highest BCUT2D eigenvalue weighted by Gasteiger charge is 2.69. The summed E-state index contributed by atoms with van der Waals surface area (Å²) in [6, 6.07) is 11.0. The summed E-state index contributed by atoms with van der Waals surface area (Å²) >= 11 is 0. The lowest BCUT2D eigenvalue weighted by Crippen LogP contribution is -2.48. The Kier molecular flexibility index (Phi) is 4.83. The number of hydrogen-bond acceptors (Lipinski definition) is 2. The predicted octanol–water partition coefficient (Wildman–Crippen LogP) is 5.09. The molecule has 0 aromatic heterocycles. The fraction of sp³-hybridized carbons (Fsp3) is 0.727. The third-order valence-electron chi connectivity index (χ3n) is 7.75. The lowest BCUT2D eigenvalue weighted by atomic mass is 9.62. The summed E-state index contributed by atoms with van der Waals surface area (Å²) in [6.45, 7) is 16.0. The minimum atomic E-state index is -0.117. The van der Waals surface area contributed by atoms with Crippen molar-refractivity contribution >= 4 is 0 Å². The molecule has 0 aliphatic heterocycles. The molecule has 3 rings (SSSR count). The van der Waals surface area contributed by atoms with Gasteiger partial charge in [0.2, 0.25) is 0 Å². The molecule has 1 aromatic rings. The molecular formula is C22H35NO. The van der Waals surface area contributed by atoms with Gasteiger partial charge in [-0.1, -0.05) is 65.0 Å². The Balaban J connectivity index is 1.90. The summed E-state index contributed by atoms with van der Waals surface area (Å²) in [6.07, 6.45) is 3.82. The molecule has 2 bridgehead atoms. The van der Waals surface area contributed by atoms with Crippen LogP contribution in [0, 0.1) is 16.7 Å². The number of nitrogens with zero attached hydrogens (tertiary/aromatic N) is 1. The fourth-order valence-corrected chi connectivity index (χ4v) is 5.58. The van der Waals surface area contributed by atoms with Gasteiger partial charge in [0.15, 0.2) is 0 Å². The molecule has 0 amide bonds. The Morgan fingerprint density at radius 3 is 2.25 bits per heavy atom. The van der Waals surface area contributed by atoms with Crippen molar-refractivity contribution in [3.05, 3.63) is 35.9 Å². The second-order valence-electron chi connectivity index (χ2n) is 8.56. The van der Waals surface area contributed by atoms with Gasteiger partial charge in [-0.25, -0.2) is 0 Å². The van der Waals surface area contributed by atoms with E-state index in [1.165, 1.54) is 24.8 Å². The predicted molar refractivity (Wildman–Crippen MR) is 101 cm³/mol. The molecule has 0 spiro atoms. The number of ether oxygens (including phenoxy) is 1. The summed E-state index contributed by atoms with van der Waals surface area (Å²) < 4.78 is 6.84. The first kappa shape index (κ1) is 17.9. The minimum absolute atomic E-state index is 0.117. The van der Waals surface area contributed by atoms with Gasteiger partial charge < -0.3 is 9.64 Å². The first-order chi connectivity index (χ1) is 11.4. The average Bonchev–Trinajstić information content (AvgIpc) is 2.92. The van der Waals surface area contributed by atoms with Crippen molar-refractivity contribution in [3.8, 4) is 0 Å². The molecule has 0 saturated heterocycles. The van der Waals surface area contributed by atoms with Crippen molar-refractivity contribution in [2.75, 3.05) is 26.2 Å². The molecule has 24 heavy (non-hydrogen) atoms. The molecule has 0 heterocycles. The van der Waals surface area contributed by atoms with Crippen LogP contribution in [0.25, 0.3) is 0 Å². The third-order valence-corrected chi connectivity index (χ3v) is 7.75. The molecule has 2 saturated carbocycles. The highest BCUT2D eigenvalue weighted by atomic mass is 16.5. The van der Waals surface area contributed by atoms with Crippen molar-refractivity contribution in [1.29, 1.82) is 0 Å². The lowest BCUT2D eigenvalue weighted by molar-refractivity contribution is -0.148. The summed E-state index contributed by atoms with van der Waals surface area (Å²) in [7, 11) is 0. The maximum absolute atomic E-state index is 6.84. The summed E-state index contributed by atoms with van der Waals surface area (Å²) in [5, 5.41) is 0. The van der Waals surface area contributed by atoms with Gasteiger partial charge in [-0.2, -0.15) is 0 Å². The molecule has 2 fully saturated rings. The summed E-state index contributed by atoms with van der Waals surface area (Å²) in [4.78, 5) is 2.46. The van der Waals surface area contributed by atoms with Crippen LogP contribution in [0.4, 0.5) is 0 Å². The van der Waals surface area contributed by atoms with Crippen molar-refractivity contribution in [3.63, 3.8) is 0 Å². The van der Waals surface area contributed by atoms with Crippen LogP contribution in [0.15, 0.2) is 30.3 Å². The van der Waals surface area contributed by atoms with Gasteiger partial charge in [0, 0.05) is 12.0 Å². The maximum atomic E-state index is 6.84. The van der Waals surface area contributed by atoms with Crippen molar-refractivity contribution in [2.24, 2.45) is 16.7 Å². The number of benzene rings is 1. The van der Waals surface area contributed by atoms with Gasteiger partial charge >= 0.3 is 0 Å². The van der Waals surface area contributed by atoms with E-state index in [4.69, 9.17) is 4.74 Å². The quantitative estimate of drug-likeness (QED) is 0.691. The molecule has 0 radical (unpaired) electrons. The molecule has 2 aliphatic carbocycles. The smallest absolute Gasteiger partial charge is 0.0993 e. The Morgan fingerprint density at radius 2 is 1.75 bits per heavy atom. The highest BCUT2D eigenvalue weighted by Crippen LogP contribution is 2.73. The van der Waals surface area contributed by atoms with E-state index in [0.29, 0.717) is 5.41 Å². The Morgan fingerprint density at radius 1 is 1.08 bits per heavy atom. The molecule has 0 N–H and O–H groups in total. The maximum Gasteiger partial charge on any atom is 0.0993 e. The van der Waals surface area contributed by atoms with Crippen LogP contribution in [0.1, 0.15) is 59.4 Å². The first-order valence-corrected chi connectivity index (χ1v) is 9.83. The van der Waals surface area contributed by atoms with Crippen molar-refractivity contribution < 1.29 is 4.74 Å². The van der Waals surface area contributed by atoms with Crippen molar-refractivity contribution in [2.45, 2.75) is 59.5 Å². The number of hydrogen-bond donors (Lipinski definition) is 0. The first-order valence-electron chi connectivity index (χ1n) is 9.83. The van der Waals surface area contributed by atoms with Crippen LogP contribution in [0.2, 0.25) is 0 Å². The van der Waals surface area contributed by atoms with E-state index in [1.54, 1.807) is 0 Å². The second-order valence-corrected chi connectivity index (χ2v) is 8.56. The zero-order valence-corrected chi connectivity index (χ0v) is 16.3. The monoisotopic (exact) mass is 329 g/mol. The van der Waals surface area contributed by atoms with Crippen molar-refractivity contribution in [1.82, 2.24) is 4.90 Å². The summed E-state index contributed by atoms with van der Waals surface area (Å²) in [5.74, 6) is 0.774. The number of likely N-dealkylation sites (N-methyl/N-ethyl adjacent to an activating group) is 1. The lowest BCUT2D eigenvalue weighted by Gasteiger charge is -2.49. The number of rotatable bonds is 7. The van der Waals surface area contributed by atoms with Crippen LogP contribution in [-0.4, -0.2) is 31.1 Å². The van der Waals surface area contributed by atoms with Gasteiger partial charge in [0.25, 0.3) is 0 Å². The van der Waals surface area contributed by atoms with Crippen LogP contribution < -0.4 is 0 Å². The molecule has 134 valence electrons. The SMILES string of the molecule is CCN(CC)CCO[C@]1(c2ccccc2)C[C@H]2CC[C@]1(C)C2(C)C. The van der Waals surface area contributed by atoms with Gasteiger partial charge in [-0.15, -0.1) is 0 Å². The Hall–Kier alpha value is -0.860. The van der Waals surface area contributed by atoms with E-state index in [-0.39, 0.29) is 11.0 Å². The zero-order valence-electron chi connectivity index (χ0n) is 16.3. The average molecular weight is 330 g/mol. The van der Waals surface area contributed by atoms with Crippen LogP contribution in [0.3, 0.4) is 0 Å². The topological polar surface area (TPSA) is 12.5 Å². The van der Waals surface area contributed by atoms with Gasteiger partial charge in [-0.3, -0.25) is 0 Å². The Bertz CT molecular complexity index is 550. The van der Waals surface area contributed by atoms with E-state index >= 15 is 0 Å². The minimum Gasteiger partial charge on any atom is -0.368 e. The van der Waals surface area contributed by atoms with E-state index in [2.05, 4.69) is 69.9 Å². The molecule has 2 heteroatoms. The van der Waals surface area contributed by atoms with E-state index in [1.807, 2.05) is 0 Å². The van der Waals surface area contributed by atoms with Crippen LogP contribution >= 0.6 is 0 Å². The third kappa shape index (κ3) is 2.45. The van der Waals surface area contributed by atoms with Crippen LogP contribution in [0.5, 0.6) is 0 Å². The Labute approximate surface area is 148 Å². The fourth-order valence-electron chi connectivity index (χ4n) is 5.58. The van der Waals surface area contributed by atoms with E-state index in [9.17, 15) is 0 Å². The standard InChI is InChI=1S/C22H35NO/c1-6-23(7-2)15-16-24-22(18-11-9-8-10-12-18)17-19-13-14-21(22,5)20(19,3)4/h8-12,19H,6-7,13-17H2,1-5H3/t19-,21-,22+/m1/s1. The number of fused-ring (bicyclic) bond motifs is 2. The summed E-state index contributed by atoms with van der Waals surface area (Å²) in [5.41, 5.74) is 1.84. The molecule has 2 nitrogen and oxygen atoms in total. The molecule has 2 aliphatic rings. The van der Waals surface area contributed by atoms with Gasteiger partial charge in [-0.05, 0) is 49.2 Å². The molecule has 3 atom stereocenters.